The number of rotatable bonds is 9. The van der Waals surface area contributed by atoms with Crippen molar-refractivity contribution in [1.29, 1.82) is 0 Å². The zero-order chi connectivity index (χ0) is 19.9. The summed E-state index contributed by atoms with van der Waals surface area (Å²) in [5.41, 5.74) is 0.800. The number of hydrogen-bond donors (Lipinski definition) is 2. The summed E-state index contributed by atoms with van der Waals surface area (Å²) in [6, 6.07) is 13.1. The van der Waals surface area contributed by atoms with Gasteiger partial charge in [0.05, 0.1) is 0 Å². The van der Waals surface area contributed by atoms with Gasteiger partial charge in [-0.2, -0.15) is 4.72 Å². The quantitative estimate of drug-likeness (QED) is 0.637. The van der Waals surface area contributed by atoms with Crippen LogP contribution in [0.15, 0.2) is 59.5 Å². The number of carbonyl (C=O) groups is 1. The van der Waals surface area contributed by atoms with E-state index in [0.29, 0.717) is 13.1 Å². The van der Waals surface area contributed by atoms with Crippen LogP contribution in [0.1, 0.15) is 5.56 Å². The number of hydrogen-bond acceptors (Lipinski definition) is 4. The van der Waals surface area contributed by atoms with Crippen LogP contribution in [0.3, 0.4) is 0 Å². The molecule has 2 rings (SSSR count). The molecule has 0 aromatic heterocycles. The minimum Gasteiger partial charge on any atom is -0.343 e. The molecule has 0 aliphatic rings. The summed E-state index contributed by atoms with van der Waals surface area (Å²) in [4.78, 5) is 13.8. The molecule has 6 nitrogen and oxygen atoms in total. The molecule has 1 amide bonds. The molecule has 2 aromatic carbocycles. The van der Waals surface area contributed by atoms with Gasteiger partial charge in [0, 0.05) is 20.1 Å². The van der Waals surface area contributed by atoms with Gasteiger partial charge in [-0.15, -0.1) is 12.4 Å². The average Bonchev–Trinajstić information content (AvgIpc) is 2.65. The van der Waals surface area contributed by atoms with Crippen LogP contribution in [0.5, 0.6) is 0 Å². The first-order valence-electron chi connectivity index (χ1n) is 8.55. The van der Waals surface area contributed by atoms with E-state index in [9.17, 15) is 17.6 Å². The molecule has 0 radical (unpaired) electrons. The predicted molar refractivity (Wildman–Crippen MR) is 109 cm³/mol. The zero-order valence-electron chi connectivity index (χ0n) is 15.8. The van der Waals surface area contributed by atoms with Crippen LogP contribution in [0.25, 0.3) is 0 Å². The fourth-order valence-electron chi connectivity index (χ4n) is 2.60. The van der Waals surface area contributed by atoms with Crippen LogP contribution in [-0.4, -0.2) is 52.5 Å². The molecule has 0 fully saturated rings. The third-order valence-corrected chi connectivity index (χ3v) is 5.58. The second-order valence-electron chi connectivity index (χ2n) is 6.16. The minimum atomic E-state index is -4.20. The standard InChI is InChI=1S/C19H24FN3O3S.ClH/c1-21-12-13-23(2)19(24)17(14-15-8-4-3-5-9-15)22-27(25,26)18-11-7-6-10-16(18)20;/h3-11,17,21-22H,12-14H2,1-2H3;1H. The van der Waals surface area contributed by atoms with E-state index < -0.39 is 26.8 Å². The molecule has 28 heavy (non-hydrogen) atoms. The largest absolute Gasteiger partial charge is 0.343 e. The SMILES string of the molecule is CNCCN(C)C(=O)C(Cc1ccccc1)NS(=O)(=O)c1ccccc1F.Cl. The van der Waals surface area contributed by atoms with Crippen molar-refractivity contribution in [3.63, 3.8) is 0 Å². The lowest BCUT2D eigenvalue weighted by Crippen LogP contribution is -2.49. The second-order valence-corrected chi connectivity index (χ2v) is 7.84. The number of amides is 1. The Morgan fingerprint density at radius 3 is 2.32 bits per heavy atom. The molecular formula is C19H25ClFN3O3S. The first kappa shape index (κ1) is 24.0. The molecule has 154 valence electrons. The van der Waals surface area contributed by atoms with Crippen molar-refractivity contribution >= 4 is 28.3 Å². The topological polar surface area (TPSA) is 78.5 Å². The van der Waals surface area contributed by atoms with Gasteiger partial charge in [0.1, 0.15) is 16.8 Å². The maximum absolute atomic E-state index is 14.0. The lowest BCUT2D eigenvalue weighted by atomic mass is 10.1. The Morgan fingerprint density at radius 1 is 1.11 bits per heavy atom. The number of sulfonamides is 1. The first-order chi connectivity index (χ1) is 12.8. The second kappa shape index (κ2) is 11.1. The van der Waals surface area contributed by atoms with E-state index in [2.05, 4.69) is 10.0 Å². The van der Waals surface area contributed by atoms with E-state index in [1.54, 1.807) is 14.1 Å². The third-order valence-electron chi connectivity index (χ3n) is 4.08. The Balaban J connectivity index is 0.00000392. The van der Waals surface area contributed by atoms with Gasteiger partial charge < -0.3 is 10.2 Å². The summed E-state index contributed by atoms with van der Waals surface area (Å²) in [5, 5.41) is 2.94. The number of nitrogens with zero attached hydrogens (tertiary/aromatic N) is 1. The van der Waals surface area contributed by atoms with Gasteiger partial charge in [0.2, 0.25) is 15.9 Å². The highest BCUT2D eigenvalue weighted by Gasteiger charge is 2.29. The number of nitrogens with one attached hydrogen (secondary N) is 2. The maximum Gasteiger partial charge on any atom is 0.244 e. The average molecular weight is 430 g/mol. The lowest BCUT2D eigenvalue weighted by Gasteiger charge is -2.25. The van der Waals surface area contributed by atoms with E-state index in [-0.39, 0.29) is 24.7 Å². The predicted octanol–water partition coefficient (Wildman–Crippen LogP) is 1.81. The molecule has 9 heteroatoms. The highest BCUT2D eigenvalue weighted by molar-refractivity contribution is 7.89. The van der Waals surface area contributed by atoms with E-state index in [4.69, 9.17) is 0 Å². The number of halogens is 2. The number of benzene rings is 2. The molecule has 0 aliphatic carbocycles. The molecule has 0 heterocycles. The summed E-state index contributed by atoms with van der Waals surface area (Å²) in [6.45, 7) is 0.989. The molecule has 1 atom stereocenters. The minimum absolute atomic E-state index is 0. The Bertz CT molecular complexity index is 866. The summed E-state index contributed by atoms with van der Waals surface area (Å²) in [6.07, 6.45) is 0.164. The van der Waals surface area contributed by atoms with Gasteiger partial charge in [-0.05, 0) is 31.2 Å². The molecule has 0 spiro atoms. The summed E-state index contributed by atoms with van der Waals surface area (Å²) in [7, 11) is -0.827. The molecule has 2 aromatic rings. The molecular weight excluding hydrogens is 405 g/mol. The van der Waals surface area contributed by atoms with Crippen LogP contribution >= 0.6 is 12.4 Å². The summed E-state index contributed by atoms with van der Waals surface area (Å²) >= 11 is 0. The van der Waals surface area contributed by atoms with Crippen molar-refractivity contribution in [3.8, 4) is 0 Å². The lowest BCUT2D eigenvalue weighted by molar-refractivity contribution is -0.131. The first-order valence-corrected chi connectivity index (χ1v) is 10.0. The summed E-state index contributed by atoms with van der Waals surface area (Å²) < 4.78 is 41.7. The van der Waals surface area contributed by atoms with Gasteiger partial charge in [0.15, 0.2) is 0 Å². The van der Waals surface area contributed by atoms with Crippen LogP contribution in [-0.2, 0) is 21.2 Å². The Labute approximate surface area is 171 Å². The fourth-order valence-corrected chi connectivity index (χ4v) is 3.87. The van der Waals surface area contributed by atoms with Crippen molar-refractivity contribution < 1.29 is 17.6 Å². The maximum atomic E-state index is 14.0. The van der Waals surface area contributed by atoms with Gasteiger partial charge in [0.25, 0.3) is 0 Å². The highest BCUT2D eigenvalue weighted by atomic mass is 35.5. The Kier molecular flexibility index (Phi) is 9.54. The molecule has 0 saturated carbocycles. The molecule has 0 aliphatic heterocycles. The van der Waals surface area contributed by atoms with Gasteiger partial charge in [-0.25, -0.2) is 12.8 Å². The van der Waals surface area contributed by atoms with Crippen LogP contribution in [0, 0.1) is 5.82 Å². The third kappa shape index (κ3) is 6.56. The van der Waals surface area contributed by atoms with Crippen molar-refractivity contribution in [1.82, 2.24) is 14.9 Å². The summed E-state index contributed by atoms with van der Waals surface area (Å²) in [5.74, 6) is -1.24. The van der Waals surface area contributed by atoms with Gasteiger partial charge >= 0.3 is 0 Å². The van der Waals surface area contributed by atoms with E-state index in [1.165, 1.54) is 23.1 Å². The van der Waals surface area contributed by atoms with Crippen molar-refractivity contribution in [2.75, 3.05) is 27.2 Å². The van der Waals surface area contributed by atoms with E-state index in [1.807, 2.05) is 30.3 Å². The zero-order valence-corrected chi connectivity index (χ0v) is 17.4. The van der Waals surface area contributed by atoms with Crippen molar-refractivity contribution in [2.45, 2.75) is 17.4 Å². The van der Waals surface area contributed by atoms with Gasteiger partial charge in [-0.3, -0.25) is 4.79 Å². The normalized spacial score (nSPS) is 12.1. The highest BCUT2D eigenvalue weighted by Crippen LogP contribution is 2.15. The Hall–Kier alpha value is -2.00. The Morgan fingerprint density at radius 2 is 1.71 bits per heavy atom. The van der Waals surface area contributed by atoms with Crippen LogP contribution < -0.4 is 10.0 Å². The van der Waals surface area contributed by atoms with Crippen molar-refractivity contribution in [3.05, 3.63) is 66.0 Å². The molecule has 0 saturated heterocycles. The smallest absolute Gasteiger partial charge is 0.244 e. The van der Waals surface area contributed by atoms with Crippen LogP contribution in [0.2, 0.25) is 0 Å². The van der Waals surface area contributed by atoms with Crippen LogP contribution in [0.4, 0.5) is 4.39 Å². The van der Waals surface area contributed by atoms with Gasteiger partial charge in [-0.1, -0.05) is 42.5 Å². The van der Waals surface area contributed by atoms with Crippen molar-refractivity contribution in [2.24, 2.45) is 0 Å². The fraction of sp³-hybridized carbons (Fsp3) is 0.316. The molecule has 1 unspecified atom stereocenters. The monoisotopic (exact) mass is 429 g/mol. The molecule has 0 bridgehead atoms. The van der Waals surface area contributed by atoms with E-state index in [0.717, 1.165) is 11.6 Å². The molecule has 2 N–H and O–H groups in total. The number of likely N-dealkylation sites (N-methyl/N-ethyl adjacent to an activating group) is 2. The van der Waals surface area contributed by atoms with E-state index >= 15 is 0 Å². The number of carbonyl (C=O) groups excluding carboxylic acids is 1.